The Morgan fingerprint density at radius 1 is 1.24 bits per heavy atom. The molecule has 0 aliphatic rings. The number of benzene rings is 1. The number of aromatic nitrogens is 2. The van der Waals surface area contributed by atoms with Crippen LogP contribution < -0.4 is 10.6 Å². The van der Waals surface area contributed by atoms with E-state index < -0.39 is 12.1 Å². The number of alkyl carbamates (subject to hydrolysis) is 1. The maximum Gasteiger partial charge on any atom is 0.407 e. The Hall–Kier alpha value is -2.83. The predicted molar refractivity (Wildman–Crippen MR) is 94.2 cm³/mol. The van der Waals surface area contributed by atoms with Gasteiger partial charge in [-0.15, -0.1) is 0 Å². The molecule has 0 aliphatic heterocycles. The Kier molecular flexibility index (Phi) is 6.56. The molecular formula is C18H24N4O3. The van der Waals surface area contributed by atoms with E-state index >= 15 is 0 Å². The number of hydrogen-bond acceptors (Lipinski definition) is 4. The summed E-state index contributed by atoms with van der Waals surface area (Å²) in [5.41, 5.74) is 1.91. The molecule has 2 N–H and O–H groups in total. The summed E-state index contributed by atoms with van der Waals surface area (Å²) in [6, 6.07) is 8.95. The van der Waals surface area contributed by atoms with Gasteiger partial charge >= 0.3 is 6.09 Å². The largest absolute Gasteiger partial charge is 0.450 e. The number of carbonyl (C=O) groups excluding carboxylic acids is 2. The number of carbonyl (C=O) groups is 2. The van der Waals surface area contributed by atoms with Crippen LogP contribution in [-0.2, 0) is 16.1 Å². The Morgan fingerprint density at radius 2 is 1.96 bits per heavy atom. The molecule has 134 valence electrons. The van der Waals surface area contributed by atoms with E-state index in [0.717, 1.165) is 11.3 Å². The van der Waals surface area contributed by atoms with Crippen LogP contribution in [0, 0.1) is 5.92 Å². The van der Waals surface area contributed by atoms with Gasteiger partial charge in [0.15, 0.2) is 0 Å². The predicted octanol–water partition coefficient (Wildman–Crippen LogP) is 2.26. The first-order valence-corrected chi connectivity index (χ1v) is 8.31. The van der Waals surface area contributed by atoms with Crippen molar-refractivity contribution in [3.8, 4) is 5.69 Å². The van der Waals surface area contributed by atoms with Crippen molar-refractivity contribution in [1.82, 2.24) is 20.4 Å². The summed E-state index contributed by atoms with van der Waals surface area (Å²) >= 11 is 0. The zero-order valence-corrected chi connectivity index (χ0v) is 14.7. The second kappa shape index (κ2) is 8.86. The number of nitrogens with one attached hydrogen (secondary N) is 2. The van der Waals surface area contributed by atoms with E-state index in [1.165, 1.54) is 0 Å². The molecule has 7 heteroatoms. The molecule has 0 fully saturated rings. The van der Waals surface area contributed by atoms with Crippen LogP contribution in [0.5, 0.6) is 0 Å². The van der Waals surface area contributed by atoms with E-state index in [4.69, 9.17) is 4.74 Å². The van der Waals surface area contributed by atoms with Crippen LogP contribution >= 0.6 is 0 Å². The second-order valence-electron chi connectivity index (χ2n) is 5.92. The summed E-state index contributed by atoms with van der Waals surface area (Å²) in [6.07, 6.45) is 3.00. The minimum absolute atomic E-state index is 0.0494. The van der Waals surface area contributed by atoms with E-state index in [2.05, 4.69) is 15.7 Å². The maximum absolute atomic E-state index is 12.4. The van der Waals surface area contributed by atoms with Gasteiger partial charge in [0.1, 0.15) is 6.04 Å². The quantitative estimate of drug-likeness (QED) is 0.807. The topological polar surface area (TPSA) is 85.2 Å². The van der Waals surface area contributed by atoms with Crippen LogP contribution in [0.15, 0.2) is 42.7 Å². The van der Waals surface area contributed by atoms with Gasteiger partial charge in [0.05, 0.1) is 12.3 Å². The molecule has 1 heterocycles. The number of amides is 2. The van der Waals surface area contributed by atoms with Gasteiger partial charge in [0.2, 0.25) is 5.91 Å². The summed E-state index contributed by atoms with van der Waals surface area (Å²) in [7, 11) is 0. The molecule has 25 heavy (non-hydrogen) atoms. The lowest BCUT2D eigenvalue weighted by Gasteiger charge is -2.21. The van der Waals surface area contributed by atoms with Crippen LogP contribution in [0.25, 0.3) is 5.69 Å². The molecule has 1 aromatic heterocycles. The molecule has 0 saturated carbocycles. The highest BCUT2D eigenvalue weighted by atomic mass is 16.5. The fourth-order valence-corrected chi connectivity index (χ4v) is 2.32. The van der Waals surface area contributed by atoms with Crippen LogP contribution in [0.4, 0.5) is 4.79 Å². The van der Waals surface area contributed by atoms with Crippen molar-refractivity contribution < 1.29 is 14.3 Å². The number of hydrogen-bond donors (Lipinski definition) is 2. The molecule has 0 radical (unpaired) electrons. The third-order valence-corrected chi connectivity index (χ3v) is 3.67. The average molecular weight is 344 g/mol. The second-order valence-corrected chi connectivity index (χ2v) is 5.92. The minimum Gasteiger partial charge on any atom is -0.450 e. The van der Waals surface area contributed by atoms with Gasteiger partial charge in [-0.1, -0.05) is 26.0 Å². The van der Waals surface area contributed by atoms with Gasteiger partial charge in [0.25, 0.3) is 0 Å². The first-order valence-electron chi connectivity index (χ1n) is 8.31. The molecular weight excluding hydrogens is 320 g/mol. The zero-order chi connectivity index (χ0) is 18.2. The molecule has 2 rings (SSSR count). The molecule has 1 aromatic carbocycles. The van der Waals surface area contributed by atoms with Crippen molar-refractivity contribution in [2.45, 2.75) is 33.4 Å². The fraction of sp³-hybridized carbons (Fsp3) is 0.389. The molecule has 0 saturated heterocycles. The van der Waals surface area contributed by atoms with Gasteiger partial charge in [-0.05, 0) is 36.6 Å². The van der Waals surface area contributed by atoms with E-state index in [9.17, 15) is 9.59 Å². The van der Waals surface area contributed by atoms with Gasteiger partial charge in [-0.3, -0.25) is 4.79 Å². The Labute approximate surface area is 147 Å². The highest BCUT2D eigenvalue weighted by molar-refractivity contribution is 5.85. The minimum atomic E-state index is -0.637. The highest BCUT2D eigenvalue weighted by Gasteiger charge is 2.24. The number of ether oxygens (including phenoxy) is 1. The van der Waals surface area contributed by atoms with Crippen LogP contribution in [0.2, 0.25) is 0 Å². The van der Waals surface area contributed by atoms with Crippen LogP contribution in [0.3, 0.4) is 0 Å². The van der Waals surface area contributed by atoms with E-state index in [-0.39, 0.29) is 18.4 Å². The third kappa shape index (κ3) is 5.34. The number of rotatable bonds is 7. The standard InChI is InChI=1S/C18H24N4O3/c1-4-25-18(24)21-16(13(2)3)17(23)19-12-14-6-8-15(9-7-14)22-11-5-10-20-22/h5-11,13,16H,4,12H2,1-3H3,(H,19,23)(H,21,24)/t16-/m1/s1. The Balaban J connectivity index is 1.92. The Bertz CT molecular complexity index is 681. The zero-order valence-electron chi connectivity index (χ0n) is 14.7. The molecule has 0 bridgehead atoms. The van der Waals surface area contributed by atoms with Crippen molar-refractivity contribution in [2.24, 2.45) is 5.92 Å². The molecule has 7 nitrogen and oxygen atoms in total. The lowest BCUT2D eigenvalue weighted by Crippen LogP contribution is -2.49. The SMILES string of the molecule is CCOC(=O)N[C@@H](C(=O)NCc1ccc(-n2cccn2)cc1)C(C)C. The molecule has 1 atom stereocenters. The van der Waals surface area contributed by atoms with Crippen molar-refractivity contribution in [3.05, 3.63) is 48.3 Å². The van der Waals surface area contributed by atoms with Crippen molar-refractivity contribution in [3.63, 3.8) is 0 Å². The first-order chi connectivity index (χ1) is 12.0. The molecule has 0 spiro atoms. The molecule has 0 unspecified atom stereocenters. The first kappa shape index (κ1) is 18.5. The summed E-state index contributed by atoms with van der Waals surface area (Å²) in [5, 5.41) is 9.62. The third-order valence-electron chi connectivity index (χ3n) is 3.67. The maximum atomic E-state index is 12.4. The van der Waals surface area contributed by atoms with Crippen molar-refractivity contribution in [1.29, 1.82) is 0 Å². The van der Waals surface area contributed by atoms with Gasteiger partial charge in [0, 0.05) is 18.9 Å². The van der Waals surface area contributed by atoms with Crippen LogP contribution in [-0.4, -0.2) is 34.4 Å². The lowest BCUT2D eigenvalue weighted by molar-refractivity contribution is -0.124. The van der Waals surface area contributed by atoms with E-state index in [1.807, 2.05) is 50.4 Å². The number of nitrogens with zero attached hydrogens (tertiary/aromatic N) is 2. The van der Waals surface area contributed by atoms with Gasteiger partial charge < -0.3 is 15.4 Å². The summed E-state index contributed by atoms with van der Waals surface area (Å²) in [4.78, 5) is 23.9. The fourth-order valence-electron chi connectivity index (χ4n) is 2.32. The molecule has 2 amide bonds. The highest BCUT2D eigenvalue weighted by Crippen LogP contribution is 2.09. The summed E-state index contributed by atoms with van der Waals surface area (Å²) in [5.74, 6) is -0.286. The molecule has 2 aromatic rings. The van der Waals surface area contributed by atoms with Crippen molar-refractivity contribution >= 4 is 12.0 Å². The van der Waals surface area contributed by atoms with E-state index in [1.54, 1.807) is 17.8 Å². The average Bonchev–Trinajstić information content (AvgIpc) is 3.12. The normalized spacial score (nSPS) is 11.8. The smallest absolute Gasteiger partial charge is 0.407 e. The monoisotopic (exact) mass is 344 g/mol. The Morgan fingerprint density at radius 3 is 2.52 bits per heavy atom. The molecule has 0 aliphatic carbocycles. The van der Waals surface area contributed by atoms with Gasteiger partial charge in [-0.25, -0.2) is 9.48 Å². The lowest BCUT2D eigenvalue weighted by atomic mass is 10.0. The van der Waals surface area contributed by atoms with Crippen LogP contribution in [0.1, 0.15) is 26.3 Å². The summed E-state index contributed by atoms with van der Waals surface area (Å²) in [6.45, 7) is 6.11. The summed E-state index contributed by atoms with van der Waals surface area (Å²) < 4.78 is 6.61. The van der Waals surface area contributed by atoms with Crippen molar-refractivity contribution in [2.75, 3.05) is 6.61 Å². The van der Waals surface area contributed by atoms with E-state index in [0.29, 0.717) is 6.54 Å². The van der Waals surface area contributed by atoms with Gasteiger partial charge in [-0.2, -0.15) is 5.10 Å².